The van der Waals surface area contributed by atoms with E-state index in [1.807, 2.05) is 24.3 Å². The van der Waals surface area contributed by atoms with Crippen molar-refractivity contribution in [1.29, 1.82) is 0 Å². The van der Waals surface area contributed by atoms with Crippen molar-refractivity contribution in [3.05, 3.63) is 54.1 Å². The second kappa shape index (κ2) is 10.5. The van der Waals surface area contributed by atoms with Gasteiger partial charge >= 0.3 is 0 Å². The molecule has 1 atom stereocenters. The second-order valence-corrected chi connectivity index (χ2v) is 6.10. The number of anilines is 1. The third-order valence-electron chi connectivity index (χ3n) is 4.14. The van der Waals surface area contributed by atoms with Gasteiger partial charge in [-0.05, 0) is 61.5 Å². The van der Waals surface area contributed by atoms with Crippen molar-refractivity contribution in [3.8, 4) is 11.5 Å². The summed E-state index contributed by atoms with van der Waals surface area (Å²) in [5, 5.41) is 0. The zero-order chi connectivity index (χ0) is 18.8. The third-order valence-corrected chi connectivity index (χ3v) is 4.14. The van der Waals surface area contributed by atoms with E-state index < -0.39 is 6.10 Å². The number of nitrogens with two attached hydrogens (primary N) is 1. The average Bonchev–Trinajstić information content (AvgIpc) is 2.67. The van der Waals surface area contributed by atoms with Crippen LogP contribution in [0.15, 0.2) is 48.5 Å². The van der Waals surface area contributed by atoms with Crippen LogP contribution >= 0.6 is 0 Å². The number of hydrogen-bond acceptors (Lipinski definition) is 5. The number of carbonyl (C=O) groups excluding carboxylic acids is 1. The Bertz CT molecular complexity index is 656. The number of nitrogen functional groups attached to an aromatic ring is 1. The highest BCUT2D eigenvalue weighted by atomic mass is 16.5. The molecule has 140 valence electrons. The lowest BCUT2D eigenvalue weighted by atomic mass is 10.1. The molecule has 2 N–H and O–H groups in total. The SMILES string of the molecule is CCCN(CC)CCOc1ccc(C(C=O)Oc2ccc(N)cc2)cc1. The van der Waals surface area contributed by atoms with Gasteiger partial charge in [0.2, 0.25) is 0 Å². The first-order chi connectivity index (χ1) is 12.7. The van der Waals surface area contributed by atoms with E-state index in [1.165, 1.54) is 0 Å². The molecule has 0 bridgehead atoms. The third kappa shape index (κ3) is 6.08. The highest BCUT2D eigenvalue weighted by Crippen LogP contribution is 2.23. The Morgan fingerprint density at radius 1 is 1.00 bits per heavy atom. The van der Waals surface area contributed by atoms with Crippen molar-refractivity contribution in [2.75, 3.05) is 32.0 Å². The van der Waals surface area contributed by atoms with E-state index in [4.69, 9.17) is 15.2 Å². The lowest BCUT2D eigenvalue weighted by Gasteiger charge is -2.19. The summed E-state index contributed by atoms with van der Waals surface area (Å²) in [5.74, 6) is 1.39. The Morgan fingerprint density at radius 2 is 1.65 bits per heavy atom. The maximum atomic E-state index is 11.4. The van der Waals surface area contributed by atoms with Crippen molar-refractivity contribution in [1.82, 2.24) is 4.90 Å². The van der Waals surface area contributed by atoms with Crippen LogP contribution in [-0.4, -0.2) is 37.4 Å². The molecule has 0 saturated heterocycles. The van der Waals surface area contributed by atoms with Crippen LogP contribution in [0.3, 0.4) is 0 Å². The summed E-state index contributed by atoms with van der Waals surface area (Å²) >= 11 is 0. The van der Waals surface area contributed by atoms with E-state index >= 15 is 0 Å². The molecule has 0 aliphatic carbocycles. The van der Waals surface area contributed by atoms with Crippen LogP contribution in [0.4, 0.5) is 5.69 Å². The zero-order valence-electron chi connectivity index (χ0n) is 15.6. The molecule has 1 unspecified atom stereocenters. The summed E-state index contributed by atoms with van der Waals surface area (Å²) in [4.78, 5) is 13.8. The first-order valence-corrected chi connectivity index (χ1v) is 9.08. The minimum atomic E-state index is -0.659. The first kappa shape index (κ1) is 19.8. The summed E-state index contributed by atoms with van der Waals surface area (Å²) in [6, 6.07) is 14.4. The summed E-state index contributed by atoms with van der Waals surface area (Å²) in [5.41, 5.74) is 7.10. The van der Waals surface area contributed by atoms with Gasteiger partial charge in [0.1, 0.15) is 18.1 Å². The average molecular weight is 356 g/mol. The molecule has 0 aliphatic heterocycles. The van der Waals surface area contributed by atoms with Crippen molar-refractivity contribution >= 4 is 12.0 Å². The van der Waals surface area contributed by atoms with Crippen LogP contribution in [0.1, 0.15) is 31.9 Å². The number of aldehydes is 1. The van der Waals surface area contributed by atoms with Crippen LogP contribution in [0, 0.1) is 0 Å². The number of carbonyl (C=O) groups is 1. The fourth-order valence-electron chi connectivity index (χ4n) is 2.66. The lowest BCUT2D eigenvalue weighted by Crippen LogP contribution is -2.28. The van der Waals surface area contributed by atoms with Gasteiger partial charge in [-0.3, -0.25) is 4.79 Å². The molecule has 0 aromatic heterocycles. The highest BCUT2D eigenvalue weighted by molar-refractivity contribution is 5.61. The van der Waals surface area contributed by atoms with E-state index in [9.17, 15) is 4.79 Å². The van der Waals surface area contributed by atoms with Crippen molar-refractivity contribution in [2.45, 2.75) is 26.4 Å². The van der Waals surface area contributed by atoms with Gasteiger partial charge in [-0.1, -0.05) is 26.0 Å². The molecule has 0 saturated carbocycles. The number of hydrogen-bond donors (Lipinski definition) is 1. The summed E-state index contributed by atoms with van der Waals surface area (Å²) < 4.78 is 11.5. The lowest BCUT2D eigenvalue weighted by molar-refractivity contribution is -0.113. The predicted molar refractivity (Wildman–Crippen MR) is 105 cm³/mol. The Morgan fingerprint density at radius 3 is 2.23 bits per heavy atom. The quantitative estimate of drug-likeness (QED) is 0.491. The van der Waals surface area contributed by atoms with E-state index in [0.29, 0.717) is 18.0 Å². The van der Waals surface area contributed by atoms with Crippen molar-refractivity contribution < 1.29 is 14.3 Å². The molecular weight excluding hydrogens is 328 g/mol. The standard InChI is InChI=1S/C21H28N2O3/c1-3-13-23(4-2)14-15-25-19-9-5-17(6-10-19)21(16-24)26-20-11-7-18(22)8-12-20/h5-12,16,21H,3-4,13-15,22H2,1-2H3. The number of ether oxygens (including phenoxy) is 2. The molecule has 0 amide bonds. The largest absolute Gasteiger partial charge is 0.492 e. The normalized spacial score (nSPS) is 12.0. The Labute approximate surface area is 155 Å². The van der Waals surface area contributed by atoms with Gasteiger partial charge in [0.25, 0.3) is 0 Å². The number of likely N-dealkylation sites (N-methyl/N-ethyl adjacent to an activating group) is 1. The fourth-order valence-corrected chi connectivity index (χ4v) is 2.66. The van der Waals surface area contributed by atoms with Gasteiger partial charge in [-0.2, -0.15) is 0 Å². The Hall–Kier alpha value is -2.53. The smallest absolute Gasteiger partial charge is 0.179 e. The second-order valence-electron chi connectivity index (χ2n) is 6.10. The molecule has 26 heavy (non-hydrogen) atoms. The van der Waals surface area contributed by atoms with Crippen LogP contribution < -0.4 is 15.2 Å². The molecule has 0 heterocycles. The summed E-state index contributed by atoms with van der Waals surface area (Å²) in [6.07, 6.45) is 1.27. The molecule has 0 fully saturated rings. The molecule has 0 aliphatic rings. The Balaban J connectivity index is 1.90. The minimum absolute atomic E-state index is 0.604. The molecular formula is C21H28N2O3. The molecule has 0 radical (unpaired) electrons. The predicted octanol–water partition coefficient (Wildman–Crippen LogP) is 3.70. The Kier molecular flexibility index (Phi) is 7.96. The summed E-state index contributed by atoms with van der Waals surface area (Å²) in [6.45, 7) is 8.00. The maximum absolute atomic E-state index is 11.4. The molecule has 2 rings (SSSR count). The van der Waals surface area contributed by atoms with Gasteiger partial charge in [0.05, 0.1) is 0 Å². The summed E-state index contributed by atoms with van der Waals surface area (Å²) in [7, 11) is 0. The van der Waals surface area contributed by atoms with Gasteiger partial charge in [0, 0.05) is 12.2 Å². The van der Waals surface area contributed by atoms with Crippen LogP contribution in [0.2, 0.25) is 0 Å². The van der Waals surface area contributed by atoms with E-state index in [-0.39, 0.29) is 0 Å². The van der Waals surface area contributed by atoms with Gasteiger partial charge < -0.3 is 20.1 Å². The van der Waals surface area contributed by atoms with Crippen molar-refractivity contribution in [3.63, 3.8) is 0 Å². The number of nitrogens with zero attached hydrogens (tertiary/aromatic N) is 1. The molecule has 0 spiro atoms. The molecule has 5 heteroatoms. The molecule has 5 nitrogen and oxygen atoms in total. The topological polar surface area (TPSA) is 64.8 Å². The number of benzene rings is 2. The van der Waals surface area contributed by atoms with E-state index in [2.05, 4.69) is 18.7 Å². The van der Waals surface area contributed by atoms with E-state index in [0.717, 1.165) is 43.7 Å². The van der Waals surface area contributed by atoms with Gasteiger partial charge in [-0.15, -0.1) is 0 Å². The van der Waals surface area contributed by atoms with Crippen LogP contribution in [-0.2, 0) is 4.79 Å². The van der Waals surface area contributed by atoms with Crippen LogP contribution in [0.5, 0.6) is 11.5 Å². The monoisotopic (exact) mass is 356 g/mol. The van der Waals surface area contributed by atoms with Crippen LogP contribution in [0.25, 0.3) is 0 Å². The van der Waals surface area contributed by atoms with E-state index in [1.54, 1.807) is 24.3 Å². The first-order valence-electron chi connectivity index (χ1n) is 9.08. The highest BCUT2D eigenvalue weighted by Gasteiger charge is 2.12. The fraction of sp³-hybridized carbons (Fsp3) is 0.381. The molecule has 2 aromatic carbocycles. The maximum Gasteiger partial charge on any atom is 0.179 e. The minimum Gasteiger partial charge on any atom is -0.492 e. The zero-order valence-corrected chi connectivity index (χ0v) is 15.6. The molecule has 2 aromatic rings. The van der Waals surface area contributed by atoms with Gasteiger partial charge in [0.15, 0.2) is 12.4 Å². The van der Waals surface area contributed by atoms with Crippen molar-refractivity contribution in [2.24, 2.45) is 0 Å². The number of rotatable bonds is 11. The van der Waals surface area contributed by atoms with Gasteiger partial charge in [-0.25, -0.2) is 0 Å².